The second-order valence-electron chi connectivity index (χ2n) is 4.92. The summed E-state index contributed by atoms with van der Waals surface area (Å²) in [6.45, 7) is 1.91. The third-order valence-electron chi connectivity index (χ3n) is 3.61. The molecule has 2 heterocycles. The maximum Gasteiger partial charge on any atom is 0.355 e. The number of hydrazone groups is 1. The molecule has 1 fully saturated rings. The van der Waals surface area contributed by atoms with Crippen LogP contribution in [-0.4, -0.2) is 36.6 Å². The maximum atomic E-state index is 12.5. The number of carbonyl (C=O) groups is 3. The Hall–Kier alpha value is -2.70. The summed E-state index contributed by atoms with van der Waals surface area (Å²) < 4.78 is 4.59. The number of rotatable bonds is 2. The number of aryl methyl sites for hydroxylation is 1. The van der Waals surface area contributed by atoms with Gasteiger partial charge in [-0.1, -0.05) is 17.7 Å². The number of imide groups is 1. The van der Waals surface area contributed by atoms with Gasteiger partial charge in [-0.2, -0.15) is 5.10 Å². The summed E-state index contributed by atoms with van der Waals surface area (Å²) in [6.07, 6.45) is 0. The van der Waals surface area contributed by atoms with Gasteiger partial charge in [0.25, 0.3) is 5.91 Å². The predicted octanol–water partition coefficient (Wildman–Crippen LogP) is -0.0148. The number of nitrogens with zero attached hydrogens (tertiary/aromatic N) is 2. The molecule has 2 aliphatic heterocycles. The Morgan fingerprint density at radius 2 is 1.90 bits per heavy atom. The number of fused-ring (bicyclic) bond motifs is 1. The summed E-state index contributed by atoms with van der Waals surface area (Å²) in [5, 5.41) is 3.76. The van der Waals surface area contributed by atoms with Crippen molar-refractivity contribution in [3.8, 4) is 0 Å². The first-order valence-corrected chi connectivity index (χ1v) is 6.40. The highest BCUT2D eigenvalue weighted by molar-refractivity contribution is 6.46. The molecule has 0 unspecified atom stereocenters. The van der Waals surface area contributed by atoms with Crippen LogP contribution < -0.4 is 10.3 Å². The smallest absolute Gasteiger partial charge is 0.355 e. The molecule has 2 aliphatic rings. The van der Waals surface area contributed by atoms with Gasteiger partial charge in [-0.3, -0.25) is 15.0 Å². The lowest BCUT2D eigenvalue weighted by atomic mass is 9.99. The fourth-order valence-corrected chi connectivity index (χ4v) is 2.51. The predicted molar refractivity (Wildman–Crippen MR) is 73.5 cm³/mol. The SMILES string of the molecule is COC(=O)C1=NN[C@@H]2C(=O)N(c3ccc(C)cc3)C(=O)[C@H]12. The van der Waals surface area contributed by atoms with E-state index in [1.807, 2.05) is 19.1 Å². The van der Waals surface area contributed by atoms with Crippen LogP contribution in [0.1, 0.15) is 5.56 Å². The average Bonchev–Trinajstić information content (AvgIpc) is 3.01. The van der Waals surface area contributed by atoms with Crippen molar-refractivity contribution < 1.29 is 19.1 Å². The second-order valence-corrected chi connectivity index (χ2v) is 4.92. The van der Waals surface area contributed by atoms with Gasteiger partial charge >= 0.3 is 5.97 Å². The van der Waals surface area contributed by atoms with Gasteiger partial charge in [0.05, 0.1) is 12.8 Å². The molecular formula is C14H13N3O4. The van der Waals surface area contributed by atoms with E-state index in [0.29, 0.717) is 5.69 Å². The van der Waals surface area contributed by atoms with Crippen LogP contribution in [0.25, 0.3) is 0 Å². The van der Waals surface area contributed by atoms with E-state index in [1.54, 1.807) is 12.1 Å². The molecular weight excluding hydrogens is 274 g/mol. The molecule has 0 bridgehead atoms. The Morgan fingerprint density at radius 1 is 1.24 bits per heavy atom. The number of benzene rings is 1. The van der Waals surface area contributed by atoms with Crippen LogP contribution in [0, 0.1) is 12.8 Å². The second kappa shape index (κ2) is 4.69. The zero-order valence-electron chi connectivity index (χ0n) is 11.5. The summed E-state index contributed by atoms with van der Waals surface area (Å²) in [7, 11) is 1.21. The van der Waals surface area contributed by atoms with Gasteiger partial charge in [-0.15, -0.1) is 0 Å². The molecule has 2 amide bonds. The largest absolute Gasteiger partial charge is 0.464 e. The van der Waals surface area contributed by atoms with Crippen LogP contribution in [0.15, 0.2) is 29.4 Å². The van der Waals surface area contributed by atoms with Crippen LogP contribution in [0.3, 0.4) is 0 Å². The van der Waals surface area contributed by atoms with E-state index in [1.165, 1.54) is 7.11 Å². The highest BCUT2D eigenvalue weighted by Gasteiger charge is 2.55. The number of amides is 2. The molecule has 0 saturated carbocycles. The molecule has 0 aromatic heterocycles. The normalized spacial score (nSPS) is 23.7. The molecule has 0 aliphatic carbocycles. The number of ether oxygens (including phenoxy) is 1. The third-order valence-corrected chi connectivity index (χ3v) is 3.61. The zero-order chi connectivity index (χ0) is 15.1. The standard InChI is InChI=1S/C14H13N3O4/c1-7-3-5-8(6-4-7)17-12(18)9-10(13(17)19)15-16-11(9)14(20)21-2/h3-6,9-10,15H,1-2H3/t9-,10-/m0/s1. The number of nitrogens with one attached hydrogen (secondary N) is 1. The fraction of sp³-hybridized carbons (Fsp3) is 0.286. The maximum absolute atomic E-state index is 12.5. The Balaban J connectivity index is 1.95. The van der Waals surface area contributed by atoms with E-state index < -0.39 is 29.7 Å². The Bertz CT molecular complexity index is 665. The first-order valence-electron chi connectivity index (χ1n) is 6.40. The topological polar surface area (TPSA) is 88.1 Å². The summed E-state index contributed by atoms with van der Waals surface area (Å²) >= 11 is 0. The molecule has 21 heavy (non-hydrogen) atoms. The Labute approximate surface area is 120 Å². The van der Waals surface area contributed by atoms with Gasteiger partial charge in [0.2, 0.25) is 5.91 Å². The van der Waals surface area contributed by atoms with Crippen molar-refractivity contribution in [2.45, 2.75) is 13.0 Å². The molecule has 0 radical (unpaired) electrons. The van der Waals surface area contributed by atoms with E-state index in [0.717, 1.165) is 10.5 Å². The number of anilines is 1. The van der Waals surface area contributed by atoms with E-state index in [-0.39, 0.29) is 5.71 Å². The monoisotopic (exact) mass is 287 g/mol. The van der Waals surface area contributed by atoms with Crippen molar-refractivity contribution in [1.82, 2.24) is 5.43 Å². The van der Waals surface area contributed by atoms with Crippen molar-refractivity contribution in [3.63, 3.8) is 0 Å². The van der Waals surface area contributed by atoms with Gasteiger partial charge in [-0.05, 0) is 19.1 Å². The quantitative estimate of drug-likeness (QED) is 0.610. The minimum atomic E-state index is -0.925. The average molecular weight is 287 g/mol. The third kappa shape index (κ3) is 1.89. The highest BCUT2D eigenvalue weighted by atomic mass is 16.5. The summed E-state index contributed by atoms with van der Waals surface area (Å²) in [4.78, 5) is 37.6. The molecule has 1 aromatic rings. The highest BCUT2D eigenvalue weighted by Crippen LogP contribution is 2.30. The molecule has 1 N–H and O–H groups in total. The van der Waals surface area contributed by atoms with Crippen LogP contribution in [-0.2, 0) is 19.1 Å². The summed E-state index contributed by atoms with van der Waals surface area (Å²) in [6, 6.07) is 6.18. The number of hydrogen-bond acceptors (Lipinski definition) is 6. The van der Waals surface area contributed by atoms with E-state index >= 15 is 0 Å². The van der Waals surface area contributed by atoms with Crippen molar-refractivity contribution in [2.24, 2.45) is 11.0 Å². The van der Waals surface area contributed by atoms with Crippen LogP contribution in [0.2, 0.25) is 0 Å². The lowest BCUT2D eigenvalue weighted by Gasteiger charge is -2.15. The minimum Gasteiger partial charge on any atom is -0.464 e. The van der Waals surface area contributed by atoms with Crippen molar-refractivity contribution in [2.75, 3.05) is 12.0 Å². The van der Waals surface area contributed by atoms with Crippen LogP contribution >= 0.6 is 0 Å². The zero-order valence-corrected chi connectivity index (χ0v) is 11.5. The molecule has 7 heteroatoms. The number of carbonyl (C=O) groups excluding carboxylic acids is 3. The lowest BCUT2D eigenvalue weighted by molar-refractivity contribution is -0.133. The number of methoxy groups -OCH3 is 1. The summed E-state index contributed by atoms with van der Waals surface area (Å²) in [5.41, 5.74) is 3.99. The molecule has 3 rings (SSSR count). The number of esters is 1. The van der Waals surface area contributed by atoms with Gasteiger partial charge < -0.3 is 4.74 Å². The van der Waals surface area contributed by atoms with Crippen LogP contribution in [0.5, 0.6) is 0 Å². The summed E-state index contributed by atoms with van der Waals surface area (Å²) in [5.74, 6) is -2.52. The van der Waals surface area contributed by atoms with Gasteiger partial charge in [0, 0.05) is 0 Å². The first-order chi connectivity index (χ1) is 10.0. The van der Waals surface area contributed by atoms with Crippen molar-refractivity contribution in [1.29, 1.82) is 0 Å². The minimum absolute atomic E-state index is 0.0598. The van der Waals surface area contributed by atoms with E-state index in [4.69, 9.17) is 0 Å². The molecule has 1 saturated heterocycles. The number of hydrogen-bond donors (Lipinski definition) is 1. The van der Waals surface area contributed by atoms with Gasteiger partial charge in [0.1, 0.15) is 12.0 Å². The van der Waals surface area contributed by atoms with E-state index in [2.05, 4.69) is 15.3 Å². The van der Waals surface area contributed by atoms with Gasteiger partial charge in [0.15, 0.2) is 5.71 Å². The van der Waals surface area contributed by atoms with Gasteiger partial charge in [-0.25, -0.2) is 9.69 Å². The van der Waals surface area contributed by atoms with Crippen LogP contribution in [0.4, 0.5) is 5.69 Å². The first kappa shape index (κ1) is 13.3. The molecule has 108 valence electrons. The fourth-order valence-electron chi connectivity index (χ4n) is 2.51. The van der Waals surface area contributed by atoms with Crippen molar-refractivity contribution in [3.05, 3.63) is 29.8 Å². The Morgan fingerprint density at radius 3 is 2.52 bits per heavy atom. The van der Waals surface area contributed by atoms with E-state index in [9.17, 15) is 14.4 Å². The molecule has 1 aromatic carbocycles. The van der Waals surface area contributed by atoms with Crippen molar-refractivity contribution >= 4 is 29.2 Å². The molecule has 2 atom stereocenters. The molecule has 0 spiro atoms. The Kier molecular flexibility index (Phi) is 2.97. The lowest BCUT2D eigenvalue weighted by Crippen LogP contribution is -2.36. The molecule has 7 nitrogen and oxygen atoms in total.